The number of rotatable bonds is 9. The number of carbonyl (C=O) groups is 1. The SMILES string of the molecule is COc1ccc(F)cc1[C@H](Cn1c(=O)n(C(C)(C)C(=O)N2CCCC2)c(=O)c2c(C)c(-n3cccn3)sc21)OC(C)C. The molecule has 1 aromatic carbocycles. The van der Waals surface area contributed by atoms with E-state index in [0.29, 0.717) is 45.2 Å². The molecule has 0 radical (unpaired) electrons. The first kappa shape index (κ1) is 29.7. The van der Waals surface area contributed by atoms with E-state index in [0.717, 1.165) is 17.4 Å². The molecule has 1 atom stereocenters. The summed E-state index contributed by atoms with van der Waals surface area (Å²) >= 11 is 1.25. The third kappa shape index (κ3) is 5.17. The molecule has 0 bridgehead atoms. The fourth-order valence-corrected chi connectivity index (χ4v) is 6.91. The number of fused-ring (bicyclic) bond motifs is 1. The van der Waals surface area contributed by atoms with E-state index in [1.54, 1.807) is 41.9 Å². The first-order chi connectivity index (χ1) is 19.9. The largest absolute Gasteiger partial charge is 0.496 e. The number of halogens is 1. The molecule has 224 valence electrons. The Kier molecular flexibility index (Phi) is 8.13. The molecule has 1 fully saturated rings. The van der Waals surface area contributed by atoms with E-state index in [1.165, 1.54) is 41.2 Å². The van der Waals surface area contributed by atoms with Crippen LogP contribution in [0.4, 0.5) is 4.39 Å². The molecule has 0 saturated carbocycles. The summed E-state index contributed by atoms with van der Waals surface area (Å²) < 4.78 is 30.5. The van der Waals surface area contributed by atoms with Crippen LogP contribution in [0.3, 0.4) is 0 Å². The molecule has 1 aliphatic rings. The summed E-state index contributed by atoms with van der Waals surface area (Å²) in [4.78, 5) is 44.5. The second kappa shape index (κ2) is 11.5. The predicted molar refractivity (Wildman–Crippen MR) is 159 cm³/mol. The minimum Gasteiger partial charge on any atom is -0.496 e. The van der Waals surface area contributed by atoms with Gasteiger partial charge in [0.15, 0.2) is 0 Å². The lowest BCUT2D eigenvalue weighted by molar-refractivity contribution is -0.138. The number of hydrogen-bond donors (Lipinski definition) is 0. The monoisotopic (exact) mass is 597 g/mol. The first-order valence-electron chi connectivity index (χ1n) is 14.0. The summed E-state index contributed by atoms with van der Waals surface area (Å²) in [5.41, 5.74) is -1.58. The summed E-state index contributed by atoms with van der Waals surface area (Å²) in [6, 6.07) is 5.92. The van der Waals surface area contributed by atoms with Crippen LogP contribution in [-0.4, -0.2) is 56.0 Å². The minimum atomic E-state index is -1.46. The van der Waals surface area contributed by atoms with Crippen molar-refractivity contribution in [1.82, 2.24) is 23.8 Å². The predicted octanol–water partition coefficient (Wildman–Crippen LogP) is 4.39. The van der Waals surface area contributed by atoms with Gasteiger partial charge in [-0.25, -0.2) is 18.4 Å². The van der Waals surface area contributed by atoms with Gasteiger partial charge in [-0.1, -0.05) is 11.3 Å². The maximum absolute atomic E-state index is 14.5. The first-order valence-corrected chi connectivity index (χ1v) is 14.8. The van der Waals surface area contributed by atoms with Crippen molar-refractivity contribution in [2.45, 2.75) is 71.8 Å². The Bertz CT molecular complexity index is 1730. The number of benzene rings is 1. The van der Waals surface area contributed by atoms with E-state index in [1.807, 2.05) is 20.8 Å². The van der Waals surface area contributed by atoms with Gasteiger partial charge in [0, 0.05) is 36.6 Å². The van der Waals surface area contributed by atoms with E-state index in [2.05, 4.69) is 5.10 Å². The van der Waals surface area contributed by atoms with Gasteiger partial charge in [-0.15, -0.1) is 0 Å². The molecular formula is C30H36FN5O5S. The van der Waals surface area contributed by atoms with E-state index in [9.17, 15) is 18.8 Å². The highest BCUT2D eigenvalue weighted by Gasteiger charge is 2.39. The Morgan fingerprint density at radius 1 is 1.19 bits per heavy atom. The number of methoxy groups -OCH3 is 1. The highest BCUT2D eigenvalue weighted by molar-refractivity contribution is 7.21. The Hall–Kier alpha value is -3.77. The van der Waals surface area contributed by atoms with Crippen LogP contribution in [0.2, 0.25) is 0 Å². The Balaban J connectivity index is 1.78. The summed E-state index contributed by atoms with van der Waals surface area (Å²) in [6.45, 7) is 9.84. The van der Waals surface area contributed by atoms with Gasteiger partial charge in [0.05, 0.1) is 25.1 Å². The Labute approximate surface area is 246 Å². The molecule has 5 rings (SSSR count). The summed E-state index contributed by atoms with van der Waals surface area (Å²) in [5.74, 6) is -0.355. The molecular weight excluding hydrogens is 561 g/mol. The van der Waals surface area contributed by atoms with Gasteiger partial charge >= 0.3 is 5.69 Å². The Morgan fingerprint density at radius 3 is 2.52 bits per heavy atom. The number of thiophene rings is 1. The van der Waals surface area contributed by atoms with Crippen LogP contribution < -0.4 is 16.0 Å². The van der Waals surface area contributed by atoms with Crippen LogP contribution in [-0.2, 0) is 21.6 Å². The van der Waals surface area contributed by atoms with Crippen molar-refractivity contribution in [3.63, 3.8) is 0 Å². The van der Waals surface area contributed by atoms with Gasteiger partial charge in [-0.3, -0.25) is 14.2 Å². The number of likely N-dealkylation sites (tertiary alicyclic amines) is 1. The molecule has 12 heteroatoms. The molecule has 0 unspecified atom stereocenters. The molecule has 3 aromatic heterocycles. The number of carbonyl (C=O) groups excluding carboxylic acids is 1. The fraction of sp³-hybridized carbons (Fsp3) is 0.467. The van der Waals surface area contributed by atoms with Crippen molar-refractivity contribution >= 4 is 27.5 Å². The minimum absolute atomic E-state index is 0.0555. The lowest BCUT2D eigenvalue weighted by Gasteiger charge is -2.31. The average molecular weight is 598 g/mol. The van der Waals surface area contributed by atoms with Crippen molar-refractivity contribution in [1.29, 1.82) is 0 Å². The fourth-order valence-electron chi connectivity index (χ4n) is 5.66. The van der Waals surface area contributed by atoms with E-state index in [4.69, 9.17) is 9.47 Å². The van der Waals surface area contributed by atoms with E-state index >= 15 is 0 Å². The van der Waals surface area contributed by atoms with Crippen molar-refractivity contribution in [2.24, 2.45) is 0 Å². The molecule has 0 spiro atoms. The number of nitrogens with zero attached hydrogens (tertiary/aromatic N) is 5. The van der Waals surface area contributed by atoms with Gasteiger partial charge in [-0.2, -0.15) is 5.10 Å². The van der Waals surface area contributed by atoms with Gasteiger partial charge < -0.3 is 14.4 Å². The number of aryl methyl sites for hydroxylation is 1. The van der Waals surface area contributed by atoms with E-state index < -0.39 is 28.7 Å². The molecule has 42 heavy (non-hydrogen) atoms. The topological polar surface area (TPSA) is 101 Å². The zero-order valence-corrected chi connectivity index (χ0v) is 25.5. The van der Waals surface area contributed by atoms with Crippen molar-refractivity contribution in [3.8, 4) is 10.8 Å². The molecule has 4 heterocycles. The molecule has 0 N–H and O–H groups in total. The van der Waals surface area contributed by atoms with Gasteiger partial charge in [0.1, 0.15) is 33.0 Å². The lowest BCUT2D eigenvalue weighted by atomic mass is 10.0. The Morgan fingerprint density at radius 2 is 1.90 bits per heavy atom. The molecule has 0 aliphatic carbocycles. The smallest absolute Gasteiger partial charge is 0.333 e. The van der Waals surface area contributed by atoms with Crippen molar-refractivity contribution in [2.75, 3.05) is 20.2 Å². The molecule has 4 aromatic rings. The molecule has 1 amide bonds. The van der Waals surface area contributed by atoms with Gasteiger partial charge in [-0.05, 0) is 71.7 Å². The van der Waals surface area contributed by atoms with Crippen LogP contribution in [0.15, 0.2) is 46.2 Å². The molecule has 1 saturated heterocycles. The summed E-state index contributed by atoms with van der Waals surface area (Å²) in [5, 5.41) is 5.34. The van der Waals surface area contributed by atoms with Crippen LogP contribution in [0, 0.1) is 12.7 Å². The average Bonchev–Trinajstić information content (AvgIpc) is 3.71. The second-order valence-electron chi connectivity index (χ2n) is 11.3. The zero-order chi connectivity index (χ0) is 30.3. The molecule has 10 nitrogen and oxygen atoms in total. The normalized spacial score (nSPS) is 14.7. The van der Waals surface area contributed by atoms with Crippen LogP contribution in [0.1, 0.15) is 57.8 Å². The number of hydrogen-bond acceptors (Lipinski definition) is 7. The number of ether oxygens (including phenoxy) is 2. The van der Waals surface area contributed by atoms with Crippen molar-refractivity contribution in [3.05, 3.63) is 74.4 Å². The number of amides is 1. The third-order valence-electron chi connectivity index (χ3n) is 7.70. The van der Waals surface area contributed by atoms with Gasteiger partial charge in [0.25, 0.3) is 5.56 Å². The number of aromatic nitrogens is 4. The quantitative estimate of drug-likeness (QED) is 0.284. The maximum Gasteiger partial charge on any atom is 0.333 e. The third-order valence-corrected chi connectivity index (χ3v) is 9.00. The van der Waals surface area contributed by atoms with Crippen LogP contribution >= 0.6 is 11.3 Å². The van der Waals surface area contributed by atoms with E-state index in [-0.39, 0.29) is 18.6 Å². The lowest BCUT2D eigenvalue weighted by Crippen LogP contribution is -2.56. The van der Waals surface area contributed by atoms with Crippen LogP contribution in [0.5, 0.6) is 5.75 Å². The molecule has 1 aliphatic heterocycles. The maximum atomic E-state index is 14.5. The van der Waals surface area contributed by atoms with Crippen LogP contribution in [0.25, 0.3) is 15.2 Å². The van der Waals surface area contributed by atoms with Gasteiger partial charge in [0.2, 0.25) is 5.91 Å². The van der Waals surface area contributed by atoms with Crippen molar-refractivity contribution < 1.29 is 18.7 Å². The summed E-state index contributed by atoms with van der Waals surface area (Å²) in [6.07, 6.45) is 4.06. The summed E-state index contributed by atoms with van der Waals surface area (Å²) in [7, 11) is 1.49. The zero-order valence-electron chi connectivity index (χ0n) is 24.7. The highest BCUT2D eigenvalue weighted by Crippen LogP contribution is 2.35. The standard InChI is InChI=1S/C30H36FN5O5S/c1-18(2)41-23(21-16-20(31)10-11-22(21)40-6)17-34-27-24(19(3)26(42-27)35-15-9-12-32-35)25(37)36(29(34)39)30(4,5)28(38)33-13-7-8-14-33/h9-12,15-16,18,23H,7-8,13-14,17H2,1-6H3/t23-/m0/s1. The second-order valence-corrected chi connectivity index (χ2v) is 12.3. The highest BCUT2D eigenvalue weighted by atomic mass is 32.1.